The highest BCUT2D eigenvalue weighted by Gasteiger charge is 2.29. The van der Waals surface area contributed by atoms with E-state index in [0.717, 1.165) is 28.3 Å². The molecule has 0 N–H and O–H groups in total. The van der Waals surface area contributed by atoms with Gasteiger partial charge in [-0.2, -0.15) is 0 Å². The molecule has 6 heteroatoms. The molecule has 6 nitrogen and oxygen atoms in total. The van der Waals surface area contributed by atoms with Crippen LogP contribution in [0.3, 0.4) is 0 Å². The average molecular weight is 438 g/mol. The summed E-state index contributed by atoms with van der Waals surface area (Å²) >= 11 is 0. The highest BCUT2D eigenvalue weighted by Crippen LogP contribution is 2.36. The number of hydrogen-bond acceptors (Lipinski definition) is 6. The SMILES string of the molecule is CCOC(=O)C1=C(C)N(Cc2ccc(OC)cc2)C=C[C@@H]1c1cccc(OCCOC)c1. The minimum absolute atomic E-state index is 0.216. The van der Waals surface area contributed by atoms with Crippen LogP contribution in [0.15, 0.2) is 72.1 Å². The number of rotatable bonds is 10. The molecule has 0 aromatic heterocycles. The van der Waals surface area contributed by atoms with Gasteiger partial charge >= 0.3 is 5.97 Å². The number of carbonyl (C=O) groups is 1. The van der Waals surface area contributed by atoms with Crippen molar-refractivity contribution in [2.45, 2.75) is 26.3 Å². The van der Waals surface area contributed by atoms with Crippen molar-refractivity contribution in [3.8, 4) is 11.5 Å². The topological polar surface area (TPSA) is 57.2 Å². The maximum atomic E-state index is 13.0. The molecule has 2 aromatic carbocycles. The Hall–Kier alpha value is -3.25. The van der Waals surface area contributed by atoms with Crippen molar-refractivity contribution < 1.29 is 23.7 Å². The maximum Gasteiger partial charge on any atom is 0.336 e. The Morgan fingerprint density at radius 3 is 2.50 bits per heavy atom. The van der Waals surface area contributed by atoms with E-state index in [1.165, 1.54) is 0 Å². The molecule has 1 aliphatic rings. The van der Waals surface area contributed by atoms with Crippen LogP contribution < -0.4 is 9.47 Å². The molecule has 1 aliphatic heterocycles. The minimum atomic E-state index is -0.301. The quantitative estimate of drug-likeness (QED) is 0.398. The molecule has 0 saturated carbocycles. The van der Waals surface area contributed by atoms with Gasteiger partial charge in [-0.15, -0.1) is 0 Å². The second kappa shape index (κ2) is 11.4. The van der Waals surface area contributed by atoms with Gasteiger partial charge in [0.05, 0.1) is 25.9 Å². The van der Waals surface area contributed by atoms with E-state index in [1.54, 1.807) is 14.2 Å². The van der Waals surface area contributed by atoms with Gasteiger partial charge < -0.3 is 23.8 Å². The lowest BCUT2D eigenvalue weighted by Gasteiger charge is -2.31. The van der Waals surface area contributed by atoms with E-state index in [2.05, 4.69) is 4.90 Å². The van der Waals surface area contributed by atoms with Crippen molar-refractivity contribution in [1.82, 2.24) is 4.90 Å². The molecule has 32 heavy (non-hydrogen) atoms. The first-order valence-electron chi connectivity index (χ1n) is 10.7. The number of hydrogen-bond donors (Lipinski definition) is 0. The minimum Gasteiger partial charge on any atom is -0.497 e. The average Bonchev–Trinajstić information content (AvgIpc) is 2.81. The Balaban J connectivity index is 1.88. The lowest BCUT2D eigenvalue weighted by molar-refractivity contribution is -0.138. The smallest absolute Gasteiger partial charge is 0.336 e. The van der Waals surface area contributed by atoms with Gasteiger partial charge in [-0.25, -0.2) is 4.79 Å². The number of benzene rings is 2. The number of nitrogens with zero attached hydrogens (tertiary/aromatic N) is 1. The predicted octanol–water partition coefficient (Wildman–Crippen LogP) is 4.67. The van der Waals surface area contributed by atoms with Gasteiger partial charge in [0, 0.05) is 31.5 Å². The third-order valence-corrected chi connectivity index (χ3v) is 5.37. The molecule has 0 unspecified atom stereocenters. The highest BCUT2D eigenvalue weighted by atomic mass is 16.5. The van der Waals surface area contributed by atoms with E-state index in [-0.39, 0.29) is 11.9 Å². The number of allylic oxidation sites excluding steroid dienone is 2. The fourth-order valence-electron chi connectivity index (χ4n) is 3.68. The molecule has 0 radical (unpaired) electrons. The standard InChI is InChI=1S/C26H31NO5/c1-5-31-26(28)25-19(2)27(18-20-9-11-22(30-4)12-10-20)14-13-24(25)21-7-6-8-23(17-21)32-16-15-29-3/h6-14,17,24H,5,15-16,18H2,1-4H3/t24-/m1/s1. The third kappa shape index (κ3) is 5.71. The summed E-state index contributed by atoms with van der Waals surface area (Å²) in [6.45, 7) is 5.73. The van der Waals surface area contributed by atoms with E-state index in [0.29, 0.717) is 31.9 Å². The van der Waals surface area contributed by atoms with Gasteiger partial charge in [0.1, 0.15) is 18.1 Å². The first-order valence-corrected chi connectivity index (χ1v) is 10.7. The van der Waals surface area contributed by atoms with E-state index in [1.807, 2.05) is 74.7 Å². The molecule has 1 heterocycles. The van der Waals surface area contributed by atoms with Crippen molar-refractivity contribution in [1.29, 1.82) is 0 Å². The molecule has 3 rings (SSSR count). The van der Waals surface area contributed by atoms with Gasteiger partial charge in [0.25, 0.3) is 0 Å². The Kier molecular flexibility index (Phi) is 8.34. The molecule has 0 amide bonds. The van der Waals surface area contributed by atoms with Crippen LogP contribution in [-0.4, -0.2) is 44.9 Å². The summed E-state index contributed by atoms with van der Waals surface area (Å²) in [5.74, 6) is 1.04. The Morgan fingerprint density at radius 2 is 1.81 bits per heavy atom. The van der Waals surface area contributed by atoms with Crippen LogP contribution in [0, 0.1) is 0 Å². The van der Waals surface area contributed by atoms with E-state index in [9.17, 15) is 4.79 Å². The second-order valence-corrected chi connectivity index (χ2v) is 7.43. The molecule has 2 aromatic rings. The Labute approximate surface area is 190 Å². The van der Waals surface area contributed by atoms with Crippen LogP contribution in [-0.2, 0) is 20.8 Å². The number of esters is 1. The molecule has 0 spiro atoms. The fourth-order valence-corrected chi connectivity index (χ4v) is 3.68. The molecule has 0 aliphatic carbocycles. The Bertz CT molecular complexity index is 964. The van der Waals surface area contributed by atoms with Gasteiger partial charge in [-0.1, -0.05) is 30.3 Å². The van der Waals surface area contributed by atoms with Crippen LogP contribution in [0.1, 0.15) is 30.9 Å². The lowest BCUT2D eigenvalue weighted by Crippen LogP contribution is -2.26. The first-order chi connectivity index (χ1) is 15.6. The van der Waals surface area contributed by atoms with Crippen molar-refractivity contribution in [3.63, 3.8) is 0 Å². The zero-order valence-electron chi connectivity index (χ0n) is 19.2. The molecule has 0 fully saturated rings. The van der Waals surface area contributed by atoms with Crippen molar-refractivity contribution in [2.75, 3.05) is 34.0 Å². The largest absolute Gasteiger partial charge is 0.497 e. The normalized spacial score (nSPS) is 15.6. The Morgan fingerprint density at radius 1 is 1.03 bits per heavy atom. The summed E-state index contributed by atoms with van der Waals surface area (Å²) in [5, 5.41) is 0. The van der Waals surface area contributed by atoms with E-state index < -0.39 is 0 Å². The van der Waals surface area contributed by atoms with Gasteiger partial charge in [-0.3, -0.25) is 0 Å². The summed E-state index contributed by atoms with van der Waals surface area (Å²) in [5.41, 5.74) is 3.60. The zero-order chi connectivity index (χ0) is 22.9. The van der Waals surface area contributed by atoms with Crippen LogP contribution in [0.2, 0.25) is 0 Å². The third-order valence-electron chi connectivity index (χ3n) is 5.37. The van der Waals surface area contributed by atoms with Crippen molar-refractivity contribution >= 4 is 5.97 Å². The first kappa shape index (κ1) is 23.4. The van der Waals surface area contributed by atoms with E-state index in [4.69, 9.17) is 18.9 Å². The number of methoxy groups -OCH3 is 2. The summed E-state index contributed by atoms with van der Waals surface area (Å²) in [7, 11) is 3.29. The van der Waals surface area contributed by atoms with Crippen molar-refractivity contribution in [3.05, 3.63) is 83.2 Å². The molecular formula is C26H31NO5. The molecule has 0 bridgehead atoms. The highest BCUT2D eigenvalue weighted by molar-refractivity contribution is 5.92. The summed E-state index contributed by atoms with van der Waals surface area (Å²) in [6.07, 6.45) is 4.07. The van der Waals surface area contributed by atoms with Gasteiger partial charge in [0.15, 0.2) is 0 Å². The molecule has 0 saturated heterocycles. The van der Waals surface area contributed by atoms with Crippen LogP contribution in [0.5, 0.6) is 11.5 Å². The maximum absolute atomic E-state index is 13.0. The van der Waals surface area contributed by atoms with E-state index >= 15 is 0 Å². The second-order valence-electron chi connectivity index (χ2n) is 7.43. The zero-order valence-corrected chi connectivity index (χ0v) is 19.2. The molecule has 170 valence electrons. The lowest BCUT2D eigenvalue weighted by atomic mass is 9.87. The molecule has 1 atom stereocenters. The predicted molar refractivity (Wildman–Crippen MR) is 124 cm³/mol. The van der Waals surface area contributed by atoms with Crippen LogP contribution in [0.25, 0.3) is 0 Å². The number of ether oxygens (including phenoxy) is 4. The molecular weight excluding hydrogens is 406 g/mol. The summed E-state index contributed by atoms with van der Waals surface area (Å²) in [6, 6.07) is 15.7. The summed E-state index contributed by atoms with van der Waals surface area (Å²) in [4.78, 5) is 15.0. The van der Waals surface area contributed by atoms with Gasteiger partial charge in [-0.05, 0) is 49.2 Å². The van der Waals surface area contributed by atoms with Crippen LogP contribution in [0.4, 0.5) is 0 Å². The van der Waals surface area contributed by atoms with Crippen molar-refractivity contribution in [2.24, 2.45) is 0 Å². The van der Waals surface area contributed by atoms with Crippen LogP contribution >= 0.6 is 0 Å². The summed E-state index contributed by atoms with van der Waals surface area (Å²) < 4.78 is 21.5. The number of carbonyl (C=O) groups excluding carboxylic acids is 1. The van der Waals surface area contributed by atoms with Gasteiger partial charge in [0.2, 0.25) is 0 Å². The fraction of sp³-hybridized carbons (Fsp3) is 0.346. The monoisotopic (exact) mass is 437 g/mol.